The largest absolute Gasteiger partial charge is 0.350 e. The molecule has 1 aromatic carbocycles. The predicted octanol–water partition coefficient (Wildman–Crippen LogP) is 4.62. The van der Waals surface area contributed by atoms with E-state index < -0.39 is 0 Å². The molecule has 0 saturated heterocycles. The van der Waals surface area contributed by atoms with Gasteiger partial charge < -0.3 is 5.32 Å². The lowest BCUT2D eigenvalue weighted by Crippen LogP contribution is -2.26. The van der Waals surface area contributed by atoms with Crippen LogP contribution in [-0.2, 0) is 17.8 Å². The Balaban J connectivity index is 1.95. The van der Waals surface area contributed by atoms with Crippen LogP contribution in [0.2, 0.25) is 5.02 Å². The molecule has 0 aliphatic rings. The summed E-state index contributed by atoms with van der Waals surface area (Å²) >= 11 is 6.02. The van der Waals surface area contributed by atoms with Crippen molar-refractivity contribution in [3.63, 3.8) is 0 Å². The molecule has 0 saturated carbocycles. The number of aromatic nitrogens is 2. The second-order valence-corrected chi connectivity index (χ2v) is 7.51. The quantitative estimate of drug-likeness (QED) is 0.782. The molecule has 0 bridgehead atoms. The van der Waals surface area contributed by atoms with Crippen LogP contribution in [0.25, 0.3) is 0 Å². The van der Waals surface area contributed by atoms with E-state index in [9.17, 15) is 4.79 Å². The van der Waals surface area contributed by atoms with Crippen LogP contribution in [0.15, 0.2) is 24.3 Å². The molecule has 0 aliphatic heterocycles. The van der Waals surface area contributed by atoms with E-state index >= 15 is 0 Å². The Bertz CT molecular complexity index is 737. The molecule has 2 rings (SSSR count). The summed E-state index contributed by atoms with van der Waals surface area (Å²) in [5.41, 5.74) is 4.39. The number of carbonyl (C=O) groups is 1. The SMILES string of the molecule is Cc1nn(CC(C)C)c(C)c1CCC(=O)NC(C)c1cccc(Cl)c1. The van der Waals surface area contributed by atoms with Gasteiger partial charge in [-0.05, 0) is 56.4 Å². The molecule has 136 valence electrons. The molecular formula is C20H28ClN3O. The number of halogens is 1. The van der Waals surface area contributed by atoms with Crippen LogP contribution in [0.4, 0.5) is 0 Å². The molecular weight excluding hydrogens is 334 g/mol. The second kappa shape index (κ2) is 8.52. The topological polar surface area (TPSA) is 46.9 Å². The number of rotatable bonds is 7. The van der Waals surface area contributed by atoms with Gasteiger partial charge in [-0.2, -0.15) is 5.10 Å². The summed E-state index contributed by atoms with van der Waals surface area (Å²) in [6.45, 7) is 11.4. The summed E-state index contributed by atoms with van der Waals surface area (Å²) in [6.07, 6.45) is 1.17. The summed E-state index contributed by atoms with van der Waals surface area (Å²) in [4.78, 5) is 12.3. The van der Waals surface area contributed by atoms with Crippen molar-refractivity contribution in [2.75, 3.05) is 0 Å². The minimum atomic E-state index is -0.0583. The number of carbonyl (C=O) groups excluding carboxylic acids is 1. The van der Waals surface area contributed by atoms with E-state index in [1.807, 2.05) is 38.1 Å². The number of nitrogens with one attached hydrogen (secondary N) is 1. The van der Waals surface area contributed by atoms with Crippen molar-refractivity contribution in [2.45, 2.75) is 60.0 Å². The van der Waals surface area contributed by atoms with Gasteiger partial charge in [0.2, 0.25) is 5.91 Å². The number of amides is 1. The molecule has 0 fully saturated rings. The Hall–Kier alpha value is -1.81. The van der Waals surface area contributed by atoms with Gasteiger partial charge in [0, 0.05) is 23.7 Å². The number of nitrogens with zero attached hydrogens (tertiary/aromatic N) is 2. The number of hydrogen-bond donors (Lipinski definition) is 1. The predicted molar refractivity (Wildman–Crippen MR) is 103 cm³/mol. The average molecular weight is 362 g/mol. The van der Waals surface area contributed by atoms with Gasteiger partial charge in [-0.3, -0.25) is 9.48 Å². The van der Waals surface area contributed by atoms with E-state index in [0.29, 0.717) is 23.8 Å². The number of hydrogen-bond acceptors (Lipinski definition) is 2. The van der Waals surface area contributed by atoms with Crippen molar-refractivity contribution in [3.05, 3.63) is 51.8 Å². The maximum absolute atomic E-state index is 12.3. The van der Waals surface area contributed by atoms with E-state index in [4.69, 9.17) is 11.6 Å². The fraction of sp³-hybridized carbons (Fsp3) is 0.500. The summed E-state index contributed by atoms with van der Waals surface area (Å²) in [5.74, 6) is 0.593. The van der Waals surface area contributed by atoms with Gasteiger partial charge in [-0.15, -0.1) is 0 Å². The zero-order valence-corrected chi connectivity index (χ0v) is 16.5. The van der Waals surface area contributed by atoms with Crippen LogP contribution >= 0.6 is 11.6 Å². The first kappa shape index (κ1) is 19.5. The monoisotopic (exact) mass is 361 g/mol. The first-order valence-electron chi connectivity index (χ1n) is 8.85. The van der Waals surface area contributed by atoms with Crippen LogP contribution in [-0.4, -0.2) is 15.7 Å². The van der Waals surface area contributed by atoms with Crippen molar-refractivity contribution in [3.8, 4) is 0 Å². The lowest BCUT2D eigenvalue weighted by Gasteiger charge is -2.14. The van der Waals surface area contributed by atoms with E-state index in [0.717, 1.165) is 17.8 Å². The van der Waals surface area contributed by atoms with Gasteiger partial charge in [0.25, 0.3) is 0 Å². The molecule has 0 aliphatic carbocycles. The van der Waals surface area contributed by atoms with Gasteiger partial charge in [0.15, 0.2) is 0 Å². The van der Waals surface area contributed by atoms with Crippen LogP contribution in [0.5, 0.6) is 0 Å². The summed E-state index contributed by atoms with van der Waals surface area (Å²) < 4.78 is 2.06. The fourth-order valence-electron chi connectivity index (χ4n) is 3.03. The van der Waals surface area contributed by atoms with E-state index in [-0.39, 0.29) is 11.9 Å². The van der Waals surface area contributed by atoms with Gasteiger partial charge in [0.05, 0.1) is 11.7 Å². The highest BCUT2D eigenvalue weighted by molar-refractivity contribution is 6.30. The molecule has 0 spiro atoms. The molecule has 1 unspecified atom stereocenters. The highest BCUT2D eigenvalue weighted by atomic mass is 35.5. The molecule has 1 N–H and O–H groups in total. The summed E-state index contributed by atoms with van der Waals surface area (Å²) in [7, 11) is 0. The molecule has 0 radical (unpaired) electrons. The Morgan fingerprint density at radius 2 is 2.00 bits per heavy atom. The molecule has 25 heavy (non-hydrogen) atoms. The van der Waals surface area contributed by atoms with Crippen molar-refractivity contribution in [2.24, 2.45) is 5.92 Å². The van der Waals surface area contributed by atoms with Crippen LogP contribution in [0.1, 0.15) is 55.7 Å². The number of benzene rings is 1. The third-order valence-electron chi connectivity index (χ3n) is 4.40. The zero-order valence-electron chi connectivity index (χ0n) is 15.8. The normalized spacial score (nSPS) is 12.4. The third kappa shape index (κ3) is 5.33. The van der Waals surface area contributed by atoms with Crippen molar-refractivity contribution in [1.82, 2.24) is 15.1 Å². The Labute approximate surface area is 155 Å². The first-order valence-corrected chi connectivity index (χ1v) is 9.23. The van der Waals surface area contributed by atoms with E-state index in [1.54, 1.807) is 0 Å². The summed E-state index contributed by atoms with van der Waals surface area (Å²) in [5, 5.41) is 8.35. The number of aryl methyl sites for hydroxylation is 1. The second-order valence-electron chi connectivity index (χ2n) is 7.07. The minimum Gasteiger partial charge on any atom is -0.350 e. The molecule has 4 nitrogen and oxygen atoms in total. The Kier molecular flexibility index (Phi) is 6.65. The zero-order chi connectivity index (χ0) is 18.6. The van der Waals surface area contributed by atoms with Gasteiger partial charge >= 0.3 is 0 Å². The van der Waals surface area contributed by atoms with E-state index in [1.165, 1.54) is 11.3 Å². The maximum Gasteiger partial charge on any atom is 0.220 e. The molecule has 1 aromatic heterocycles. The van der Waals surface area contributed by atoms with Crippen molar-refractivity contribution < 1.29 is 4.79 Å². The lowest BCUT2D eigenvalue weighted by molar-refractivity contribution is -0.121. The average Bonchev–Trinajstić information content (AvgIpc) is 2.78. The molecule has 1 amide bonds. The van der Waals surface area contributed by atoms with Gasteiger partial charge in [-0.1, -0.05) is 37.6 Å². The highest BCUT2D eigenvalue weighted by Crippen LogP contribution is 2.19. The smallest absolute Gasteiger partial charge is 0.220 e. The Morgan fingerprint density at radius 3 is 2.64 bits per heavy atom. The Morgan fingerprint density at radius 1 is 1.28 bits per heavy atom. The fourth-order valence-corrected chi connectivity index (χ4v) is 3.23. The van der Waals surface area contributed by atoms with Crippen LogP contribution in [0.3, 0.4) is 0 Å². The van der Waals surface area contributed by atoms with Crippen LogP contribution < -0.4 is 5.32 Å². The maximum atomic E-state index is 12.3. The van der Waals surface area contributed by atoms with Gasteiger partial charge in [-0.25, -0.2) is 0 Å². The van der Waals surface area contributed by atoms with Gasteiger partial charge in [0.1, 0.15) is 0 Å². The standard InChI is InChI=1S/C20H28ClN3O/c1-13(2)12-24-16(5)19(15(4)23-24)9-10-20(25)22-14(3)17-7-6-8-18(21)11-17/h6-8,11,13-14H,9-10,12H2,1-5H3,(H,22,25). The van der Waals surface area contributed by atoms with Crippen molar-refractivity contribution >= 4 is 17.5 Å². The molecule has 1 atom stereocenters. The third-order valence-corrected chi connectivity index (χ3v) is 4.63. The van der Waals surface area contributed by atoms with E-state index in [2.05, 4.69) is 35.9 Å². The van der Waals surface area contributed by atoms with Crippen LogP contribution in [0, 0.1) is 19.8 Å². The molecule has 2 aromatic rings. The first-order chi connectivity index (χ1) is 11.8. The highest BCUT2D eigenvalue weighted by Gasteiger charge is 2.15. The molecule has 5 heteroatoms. The lowest BCUT2D eigenvalue weighted by atomic mass is 10.1. The summed E-state index contributed by atoms with van der Waals surface area (Å²) in [6, 6.07) is 7.53. The van der Waals surface area contributed by atoms with Crippen molar-refractivity contribution in [1.29, 1.82) is 0 Å². The molecule has 1 heterocycles. The minimum absolute atomic E-state index is 0.0443.